The highest BCUT2D eigenvalue weighted by Gasteiger charge is 2.09. The second kappa shape index (κ2) is 13.2. The molecule has 19 heavy (non-hydrogen) atoms. The van der Waals surface area contributed by atoms with Gasteiger partial charge in [-0.25, -0.2) is 0 Å². The van der Waals surface area contributed by atoms with Crippen LogP contribution in [0.4, 0.5) is 0 Å². The highest BCUT2D eigenvalue weighted by atomic mass is 32.2. The standard InChI is InChI=1S/C15H33NO2S/c1-5-7-8-14(6-2)11-18-12-15(17)10-16-9-13(3)19-4/h13-17H,5-12H2,1-4H3. The van der Waals surface area contributed by atoms with E-state index in [0.29, 0.717) is 24.3 Å². The average Bonchev–Trinajstić information content (AvgIpc) is 2.42. The molecule has 0 fully saturated rings. The Morgan fingerprint density at radius 3 is 2.53 bits per heavy atom. The lowest BCUT2D eigenvalue weighted by Gasteiger charge is -2.17. The molecule has 0 aliphatic heterocycles. The van der Waals surface area contributed by atoms with Gasteiger partial charge in [-0.3, -0.25) is 0 Å². The number of aliphatic hydroxyl groups is 1. The lowest BCUT2D eigenvalue weighted by molar-refractivity contribution is 0.0195. The maximum absolute atomic E-state index is 9.80. The number of aliphatic hydroxyl groups excluding tert-OH is 1. The first-order chi connectivity index (χ1) is 9.13. The van der Waals surface area contributed by atoms with E-state index in [4.69, 9.17) is 4.74 Å². The number of hydrogen-bond donors (Lipinski definition) is 2. The van der Waals surface area contributed by atoms with Crippen LogP contribution in [0.1, 0.15) is 46.5 Å². The van der Waals surface area contributed by atoms with E-state index in [0.717, 1.165) is 13.2 Å². The fourth-order valence-electron chi connectivity index (χ4n) is 1.86. The molecule has 0 aliphatic carbocycles. The van der Waals surface area contributed by atoms with E-state index in [-0.39, 0.29) is 0 Å². The minimum atomic E-state index is -0.391. The highest BCUT2D eigenvalue weighted by Crippen LogP contribution is 2.12. The summed E-state index contributed by atoms with van der Waals surface area (Å²) >= 11 is 1.83. The van der Waals surface area contributed by atoms with Crippen molar-refractivity contribution in [1.82, 2.24) is 5.32 Å². The Balaban J connectivity index is 3.52. The van der Waals surface area contributed by atoms with Gasteiger partial charge in [0.1, 0.15) is 0 Å². The number of thioether (sulfide) groups is 1. The third-order valence-electron chi connectivity index (χ3n) is 3.42. The molecular formula is C15H33NO2S. The number of ether oxygens (including phenoxy) is 1. The summed E-state index contributed by atoms with van der Waals surface area (Å²) in [5.41, 5.74) is 0. The summed E-state index contributed by atoms with van der Waals surface area (Å²) in [7, 11) is 0. The molecule has 0 rings (SSSR count). The molecule has 0 spiro atoms. The zero-order chi connectivity index (χ0) is 14.5. The molecule has 0 aromatic rings. The molecular weight excluding hydrogens is 258 g/mol. The third kappa shape index (κ3) is 11.7. The molecule has 4 heteroatoms. The monoisotopic (exact) mass is 291 g/mol. The van der Waals surface area contributed by atoms with Gasteiger partial charge in [0.15, 0.2) is 0 Å². The van der Waals surface area contributed by atoms with Crippen molar-refractivity contribution in [2.45, 2.75) is 57.8 Å². The third-order valence-corrected chi connectivity index (χ3v) is 4.39. The topological polar surface area (TPSA) is 41.5 Å². The molecule has 0 aromatic heterocycles. The predicted molar refractivity (Wildman–Crippen MR) is 86.0 cm³/mol. The van der Waals surface area contributed by atoms with Gasteiger partial charge in [0.25, 0.3) is 0 Å². The Kier molecular flexibility index (Phi) is 13.4. The lowest BCUT2D eigenvalue weighted by atomic mass is 10.0. The van der Waals surface area contributed by atoms with E-state index in [1.807, 2.05) is 11.8 Å². The quantitative estimate of drug-likeness (QED) is 0.547. The second-order valence-electron chi connectivity index (χ2n) is 5.31. The SMILES string of the molecule is CCCCC(CC)COCC(O)CNCC(C)SC. The first-order valence-corrected chi connectivity index (χ1v) is 8.92. The normalized spacial score (nSPS) is 16.3. The van der Waals surface area contributed by atoms with E-state index in [1.165, 1.54) is 25.7 Å². The summed E-state index contributed by atoms with van der Waals surface area (Å²) in [5.74, 6) is 0.650. The lowest BCUT2D eigenvalue weighted by Crippen LogP contribution is -2.34. The minimum absolute atomic E-state index is 0.391. The molecule has 2 N–H and O–H groups in total. The maximum Gasteiger partial charge on any atom is 0.0897 e. The average molecular weight is 292 g/mol. The molecule has 0 aliphatic rings. The van der Waals surface area contributed by atoms with Crippen LogP contribution in [0, 0.1) is 5.92 Å². The largest absolute Gasteiger partial charge is 0.389 e. The van der Waals surface area contributed by atoms with Gasteiger partial charge >= 0.3 is 0 Å². The van der Waals surface area contributed by atoms with Crippen molar-refractivity contribution in [2.75, 3.05) is 32.6 Å². The molecule has 3 atom stereocenters. The summed E-state index contributed by atoms with van der Waals surface area (Å²) in [6, 6.07) is 0. The Bertz CT molecular complexity index is 193. The van der Waals surface area contributed by atoms with E-state index >= 15 is 0 Å². The minimum Gasteiger partial charge on any atom is -0.389 e. The zero-order valence-electron chi connectivity index (χ0n) is 13.2. The van der Waals surface area contributed by atoms with Crippen molar-refractivity contribution in [3.63, 3.8) is 0 Å². The van der Waals surface area contributed by atoms with E-state index in [9.17, 15) is 5.11 Å². The van der Waals surface area contributed by atoms with Crippen LogP contribution in [0.25, 0.3) is 0 Å². The fourth-order valence-corrected chi connectivity index (χ4v) is 2.15. The molecule has 0 amide bonds. The number of hydrogen-bond acceptors (Lipinski definition) is 4. The van der Waals surface area contributed by atoms with E-state index in [1.54, 1.807) is 0 Å². The van der Waals surface area contributed by atoms with Crippen molar-refractivity contribution in [3.05, 3.63) is 0 Å². The van der Waals surface area contributed by atoms with Crippen LogP contribution in [-0.4, -0.2) is 49.0 Å². The number of rotatable bonds is 13. The van der Waals surface area contributed by atoms with Crippen LogP contribution in [0.2, 0.25) is 0 Å². The van der Waals surface area contributed by atoms with E-state index in [2.05, 4.69) is 32.3 Å². The summed E-state index contributed by atoms with van der Waals surface area (Å²) in [6.45, 7) is 9.41. The van der Waals surface area contributed by atoms with Gasteiger partial charge in [0, 0.05) is 24.9 Å². The fraction of sp³-hybridized carbons (Fsp3) is 1.00. The van der Waals surface area contributed by atoms with Crippen LogP contribution in [0.5, 0.6) is 0 Å². The first kappa shape index (κ1) is 19.2. The highest BCUT2D eigenvalue weighted by molar-refractivity contribution is 7.99. The van der Waals surface area contributed by atoms with Crippen LogP contribution in [0.15, 0.2) is 0 Å². The van der Waals surface area contributed by atoms with Gasteiger partial charge in [0.05, 0.1) is 12.7 Å². The first-order valence-electron chi connectivity index (χ1n) is 7.63. The van der Waals surface area contributed by atoms with Crippen molar-refractivity contribution >= 4 is 11.8 Å². The molecule has 0 aromatic carbocycles. The summed E-state index contributed by atoms with van der Waals surface area (Å²) in [5, 5.41) is 13.7. The van der Waals surface area contributed by atoms with Gasteiger partial charge in [-0.15, -0.1) is 0 Å². The Hall–Kier alpha value is 0.230. The predicted octanol–water partition coefficient (Wildman–Crippen LogP) is 2.92. The van der Waals surface area contributed by atoms with Gasteiger partial charge in [-0.2, -0.15) is 11.8 Å². The summed E-state index contributed by atoms with van der Waals surface area (Å²) < 4.78 is 5.63. The van der Waals surface area contributed by atoms with Crippen LogP contribution >= 0.6 is 11.8 Å². The van der Waals surface area contributed by atoms with Gasteiger partial charge in [0.2, 0.25) is 0 Å². The Morgan fingerprint density at radius 1 is 1.21 bits per heavy atom. The molecule has 0 bridgehead atoms. The van der Waals surface area contributed by atoms with Gasteiger partial charge in [-0.1, -0.05) is 40.0 Å². The van der Waals surface area contributed by atoms with Crippen LogP contribution in [-0.2, 0) is 4.74 Å². The van der Waals surface area contributed by atoms with Crippen molar-refractivity contribution in [3.8, 4) is 0 Å². The second-order valence-corrected chi connectivity index (χ2v) is 6.59. The maximum atomic E-state index is 9.80. The van der Waals surface area contributed by atoms with Crippen molar-refractivity contribution in [2.24, 2.45) is 5.92 Å². The molecule has 0 saturated heterocycles. The Labute approximate surface area is 123 Å². The van der Waals surface area contributed by atoms with Gasteiger partial charge in [-0.05, 0) is 18.6 Å². The molecule has 3 nitrogen and oxygen atoms in total. The number of nitrogens with one attached hydrogen (secondary N) is 1. The molecule has 116 valence electrons. The van der Waals surface area contributed by atoms with E-state index < -0.39 is 6.10 Å². The van der Waals surface area contributed by atoms with Crippen LogP contribution in [0.3, 0.4) is 0 Å². The molecule has 0 saturated carbocycles. The number of unbranched alkanes of at least 4 members (excludes halogenated alkanes) is 1. The Morgan fingerprint density at radius 2 is 1.95 bits per heavy atom. The smallest absolute Gasteiger partial charge is 0.0897 e. The van der Waals surface area contributed by atoms with Crippen molar-refractivity contribution in [1.29, 1.82) is 0 Å². The molecule has 0 heterocycles. The zero-order valence-corrected chi connectivity index (χ0v) is 14.0. The van der Waals surface area contributed by atoms with Gasteiger partial charge < -0.3 is 15.2 Å². The van der Waals surface area contributed by atoms with Crippen LogP contribution < -0.4 is 5.32 Å². The molecule has 3 unspecified atom stereocenters. The van der Waals surface area contributed by atoms with Crippen molar-refractivity contribution < 1.29 is 9.84 Å². The summed E-state index contributed by atoms with van der Waals surface area (Å²) in [4.78, 5) is 0. The summed E-state index contributed by atoms with van der Waals surface area (Å²) in [6.07, 6.45) is 6.65. The molecule has 0 radical (unpaired) electrons.